The van der Waals surface area contributed by atoms with Crippen LogP contribution in [0.1, 0.15) is 27.9 Å². The van der Waals surface area contributed by atoms with Gasteiger partial charge in [0, 0.05) is 13.0 Å². The number of hydrogen-bond acceptors (Lipinski definition) is 3. The number of aliphatic carboxylic acids is 1. The van der Waals surface area contributed by atoms with Gasteiger partial charge in [0.1, 0.15) is 11.6 Å². The average Bonchev–Trinajstić information content (AvgIpc) is 2.59. The van der Waals surface area contributed by atoms with Crippen LogP contribution in [-0.2, 0) is 17.8 Å². The zero-order valence-corrected chi connectivity index (χ0v) is 13.2. The molecule has 0 unspecified atom stereocenters. The maximum Gasteiger partial charge on any atom is 0.303 e. The molecule has 0 aliphatic carbocycles. The van der Waals surface area contributed by atoms with Crippen LogP contribution in [0.25, 0.3) is 0 Å². The van der Waals surface area contributed by atoms with E-state index in [1.165, 1.54) is 19.2 Å². The molecule has 0 heterocycles. The van der Waals surface area contributed by atoms with Gasteiger partial charge in [-0.1, -0.05) is 18.2 Å². The number of halogens is 1. The van der Waals surface area contributed by atoms with Crippen LogP contribution < -0.4 is 10.1 Å². The monoisotopic (exact) mass is 331 g/mol. The van der Waals surface area contributed by atoms with Gasteiger partial charge >= 0.3 is 5.97 Å². The first-order chi connectivity index (χ1) is 11.5. The van der Waals surface area contributed by atoms with E-state index < -0.39 is 5.97 Å². The fourth-order valence-corrected chi connectivity index (χ4v) is 2.22. The number of aryl methyl sites for hydroxylation is 1. The highest BCUT2D eigenvalue weighted by atomic mass is 19.1. The van der Waals surface area contributed by atoms with Crippen LogP contribution in [-0.4, -0.2) is 24.1 Å². The maximum absolute atomic E-state index is 12.9. The highest BCUT2D eigenvalue weighted by Crippen LogP contribution is 2.21. The number of methoxy groups -OCH3 is 1. The largest absolute Gasteiger partial charge is 0.496 e. The SMILES string of the molecule is COc1ccc(CCC(=O)O)cc1C(=O)NCc1ccc(F)cc1. The van der Waals surface area contributed by atoms with Gasteiger partial charge in [0.2, 0.25) is 0 Å². The summed E-state index contributed by atoms with van der Waals surface area (Å²) in [6.07, 6.45) is 0.320. The van der Waals surface area contributed by atoms with Crippen molar-refractivity contribution in [2.45, 2.75) is 19.4 Å². The lowest BCUT2D eigenvalue weighted by Crippen LogP contribution is -2.23. The quantitative estimate of drug-likeness (QED) is 0.818. The highest BCUT2D eigenvalue weighted by molar-refractivity contribution is 5.97. The molecule has 1 amide bonds. The van der Waals surface area contributed by atoms with E-state index in [9.17, 15) is 14.0 Å². The minimum Gasteiger partial charge on any atom is -0.496 e. The molecule has 5 nitrogen and oxygen atoms in total. The number of hydrogen-bond donors (Lipinski definition) is 2. The lowest BCUT2D eigenvalue weighted by atomic mass is 10.0. The van der Waals surface area contributed by atoms with E-state index in [1.807, 2.05) is 0 Å². The predicted molar refractivity (Wildman–Crippen MR) is 86.5 cm³/mol. The van der Waals surface area contributed by atoms with E-state index in [1.54, 1.807) is 30.3 Å². The van der Waals surface area contributed by atoms with Gasteiger partial charge in [-0.15, -0.1) is 0 Å². The number of carbonyl (C=O) groups is 2. The number of nitrogens with one attached hydrogen (secondary N) is 1. The van der Waals surface area contributed by atoms with Gasteiger partial charge in [0.25, 0.3) is 5.91 Å². The predicted octanol–water partition coefficient (Wildman–Crippen LogP) is 2.78. The molecule has 0 spiro atoms. The number of rotatable bonds is 7. The summed E-state index contributed by atoms with van der Waals surface area (Å²) in [6, 6.07) is 10.8. The fourth-order valence-electron chi connectivity index (χ4n) is 2.22. The number of ether oxygens (including phenoxy) is 1. The fraction of sp³-hybridized carbons (Fsp3) is 0.222. The smallest absolute Gasteiger partial charge is 0.303 e. The Morgan fingerprint density at radius 2 is 1.79 bits per heavy atom. The summed E-state index contributed by atoms with van der Waals surface area (Å²) in [6.45, 7) is 0.252. The summed E-state index contributed by atoms with van der Waals surface area (Å²) in [5.74, 6) is -1.16. The molecule has 0 saturated carbocycles. The molecule has 2 rings (SSSR count). The van der Waals surface area contributed by atoms with Gasteiger partial charge in [-0.25, -0.2) is 4.39 Å². The van der Waals surface area contributed by atoms with Crippen LogP contribution >= 0.6 is 0 Å². The summed E-state index contributed by atoms with van der Waals surface area (Å²) in [5, 5.41) is 11.5. The van der Waals surface area contributed by atoms with Gasteiger partial charge in [0.15, 0.2) is 0 Å². The van der Waals surface area contributed by atoms with E-state index >= 15 is 0 Å². The molecule has 0 atom stereocenters. The number of benzene rings is 2. The van der Waals surface area contributed by atoms with Crippen molar-refractivity contribution in [3.8, 4) is 5.75 Å². The molecule has 2 aromatic carbocycles. The molecule has 6 heteroatoms. The Balaban J connectivity index is 2.09. The Hall–Kier alpha value is -2.89. The van der Waals surface area contributed by atoms with Gasteiger partial charge in [-0.3, -0.25) is 9.59 Å². The number of carboxylic acids is 1. The first-order valence-electron chi connectivity index (χ1n) is 7.41. The van der Waals surface area contributed by atoms with Crippen molar-refractivity contribution in [1.82, 2.24) is 5.32 Å². The first-order valence-corrected chi connectivity index (χ1v) is 7.41. The van der Waals surface area contributed by atoms with Gasteiger partial charge in [0.05, 0.1) is 12.7 Å². The molecule has 126 valence electrons. The third-order valence-electron chi connectivity index (χ3n) is 3.50. The highest BCUT2D eigenvalue weighted by Gasteiger charge is 2.13. The van der Waals surface area contributed by atoms with Crippen LogP contribution in [0.3, 0.4) is 0 Å². The van der Waals surface area contributed by atoms with Gasteiger partial charge < -0.3 is 15.2 Å². The van der Waals surface area contributed by atoms with Crippen LogP contribution in [0.4, 0.5) is 4.39 Å². The molecule has 0 aliphatic heterocycles. The third kappa shape index (κ3) is 4.81. The van der Waals surface area contributed by atoms with E-state index in [0.29, 0.717) is 17.7 Å². The van der Waals surface area contributed by atoms with Crippen LogP contribution in [0.15, 0.2) is 42.5 Å². The summed E-state index contributed by atoms with van der Waals surface area (Å²) >= 11 is 0. The van der Waals surface area contributed by atoms with Crippen molar-refractivity contribution in [3.63, 3.8) is 0 Å². The molecule has 0 bridgehead atoms. The second-order valence-electron chi connectivity index (χ2n) is 5.24. The lowest BCUT2D eigenvalue weighted by molar-refractivity contribution is -0.136. The number of carboxylic acid groups (broad SMARTS) is 1. The Labute approximate surface area is 139 Å². The average molecular weight is 331 g/mol. The van der Waals surface area contributed by atoms with Crippen molar-refractivity contribution in [2.24, 2.45) is 0 Å². The lowest BCUT2D eigenvalue weighted by Gasteiger charge is -2.11. The Kier molecular flexibility index (Phi) is 5.89. The zero-order chi connectivity index (χ0) is 17.5. The van der Waals surface area contributed by atoms with Gasteiger partial charge in [-0.2, -0.15) is 0 Å². The maximum atomic E-state index is 12.9. The molecule has 0 aromatic heterocycles. The zero-order valence-electron chi connectivity index (χ0n) is 13.2. The summed E-state index contributed by atoms with van der Waals surface area (Å²) in [7, 11) is 1.46. The van der Waals surface area contributed by atoms with Crippen molar-refractivity contribution >= 4 is 11.9 Å². The topological polar surface area (TPSA) is 75.6 Å². The van der Waals surface area contributed by atoms with Crippen molar-refractivity contribution in [3.05, 3.63) is 65.0 Å². The first kappa shape index (κ1) is 17.5. The standard InChI is InChI=1S/C18H18FNO4/c1-24-16-8-4-12(5-9-17(21)22)10-15(16)18(23)20-11-13-2-6-14(19)7-3-13/h2-4,6-8,10H,5,9,11H2,1H3,(H,20,23)(H,21,22). The van der Waals surface area contributed by atoms with Crippen molar-refractivity contribution in [1.29, 1.82) is 0 Å². The summed E-state index contributed by atoms with van der Waals surface area (Å²) < 4.78 is 18.1. The molecule has 0 saturated heterocycles. The Morgan fingerprint density at radius 3 is 2.42 bits per heavy atom. The van der Waals surface area contributed by atoms with E-state index in [0.717, 1.165) is 11.1 Å². The molecule has 24 heavy (non-hydrogen) atoms. The summed E-state index contributed by atoms with van der Waals surface area (Å²) in [5.41, 5.74) is 1.85. The molecule has 0 radical (unpaired) electrons. The van der Waals surface area contributed by atoms with Gasteiger partial charge in [-0.05, 0) is 41.8 Å². The molecule has 0 aliphatic rings. The van der Waals surface area contributed by atoms with Crippen LogP contribution in [0, 0.1) is 5.82 Å². The Morgan fingerprint density at radius 1 is 1.12 bits per heavy atom. The second-order valence-corrected chi connectivity index (χ2v) is 5.24. The minimum atomic E-state index is -0.895. The van der Waals surface area contributed by atoms with Crippen molar-refractivity contribution in [2.75, 3.05) is 7.11 Å². The van der Waals surface area contributed by atoms with E-state index in [4.69, 9.17) is 9.84 Å². The number of amides is 1. The summed E-state index contributed by atoms with van der Waals surface area (Å²) in [4.78, 5) is 23.0. The molecular weight excluding hydrogens is 313 g/mol. The van der Waals surface area contributed by atoms with Crippen molar-refractivity contribution < 1.29 is 23.8 Å². The van der Waals surface area contributed by atoms with Crippen LogP contribution in [0.2, 0.25) is 0 Å². The van der Waals surface area contributed by atoms with E-state index in [2.05, 4.69) is 5.32 Å². The molecule has 2 N–H and O–H groups in total. The van der Waals surface area contributed by atoms with E-state index in [-0.39, 0.29) is 24.7 Å². The second kappa shape index (κ2) is 8.10. The molecular formula is C18H18FNO4. The molecule has 0 fully saturated rings. The number of carbonyl (C=O) groups excluding carboxylic acids is 1. The minimum absolute atomic E-state index is 0.0109. The normalized spacial score (nSPS) is 10.2. The van der Waals surface area contributed by atoms with Crippen LogP contribution in [0.5, 0.6) is 5.75 Å². The molecule has 2 aromatic rings. The Bertz CT molecular complexity index is 728. The third-order valence-corrected chi connectivity index (χ3v) is 3.50.